The lowest BCUT2D eigenvalue weighted by Crippen LogP contribution is -2.21. The van der Waals surface area contributed by atoms with Crippen LogP contribution in [-0.2, 0) is 6.54 Å². The van der Waals surface area contributed by atoms with Gasteiger partial charge in [0.2, 0.25) is 0 Å². The van der Waals surface area contributed by atoms with Gasteiger partial charge in [0.25, 0.3) is 0 Å². The Morgan fingerprint density at radius 2 is 1.95 bits per heavy atom. The van der Waals surface area contributed by atoms with Crippen molar-refractivity contribution in [1.29, 1.82) is 0 Å². The van der Waals surface area contributed by atoms with Crippen LogP contribution in [0, 0.1) is 0 Å². The van der Waals surface area contributed by atoms with Gasteiger partial charge in [0.05, 0.1) is 12.3 Å². The van der Waals surface area contributed by atoms with Crippen molar-refractivity contribution < 1.29 is 22.3 Å². The van der Waals surface area contributed by atoms with Gasteiger partial charge in [-0.1, -0.05) is 18.2 Å². The molecule has 1 atom stereocenters. The Hall–Kier alpha value is -1.95. The van der Waals surface area contributed by atoms with Crippen molar-refractivity contribution >= 4 is 0 Å². The van der Waals surface area contributed by atoms with E-state index in [9.17, 15) is 13.2 Å². The van der Waals surface area contributed by atoms with Gasteiger partial charge in [0.15, 0.2) is 0 Å². The van der Waals surface area contributed by atoms with Crippen molar-refractivity contribution in [2.45, 2.75) is 25.9 Å². The molecule has 0 radical (unpaired) electrons. The van der Waals surface area contributed by atoms with Crippen LogP contribution in [0.1, 0.15) is 24.3 Å². The minimum absolute atomic E-state index is 0.107. The van der Waals surface area contributed by atoms with Crippen molar-refractivity contribution in [1.82, 2.24) is 5.32 Å². The molecule has 6 heteroatoms. The molecule has 0 saturated carbocycles. The third-order valence-electron chi connectivity index (χ3n) is 2.77. The molecule has 20 heavy (non-hydrogen) atoms. The molecule has 1 aromatic carbocycles. The standard InChI is InChI=1S/C14H14F3NO2/c1-10(12-7-4-8-19-12)18-9-11-5-2-3-6-13(11)20-14(15,16)17/h2-8,10,18H,9H2,1H3/t10-/m0/s1. The minimum Gasteiger partial charge on any atom is -0.468 e. The third kappa shape index (κ3) is 4.03. The van der Waals surface area contributed by atoms with Gasteiger partial charge >= 0.3 is 6.36 Å². The Morgan fingerprint density at radius 3 is 2.60 bits per heavy atom. The van der Waals surface area contributed by atoms with Crippen LogP contribution < -0.4 is 10.1 Å². The fraction of sp³-hybridized carbons (Fsp3) is 0.286. The van der Waals surface area contributed by atoms with Gasteiger partial charge in [0.1, 0.15) is 11.5 Å². The van der Waals surface area contributed by atoms with E-state index in [4.69, 9.17) is 4.42 Å². The van der Waals surface area contributed by atoms with E-state index in [1.54, 1.807) is 30.5 Å². The third-order valence-corrected chi connectivity index (χ3v) is 2.77. The van der Waals surface area contributed by atoms with Gasteiger partial charge in [-0.05, 0) is 25.1 Å². The van der Waals surface area contributed by atoms with Crippen molar-refractivity contribution in [2.75, 3.05) is 0 Å². The Bertz CT molecular complexity index is 538. The van der Waals surface area contributed by atoms with Gasteiger partial charge in [-0.3, -0.25) is 0 Å². The van der Waals surface area contributed by atoms with Crippen molar-refractivity contribution in [3.8, 4) is 5.75 Å². The summed E-state index contributed by atoms with van der Waals surface area (Å²) in [5.74, 6) is 0.526. The summed E-state index contributed by atoms with van der Waals surface area (Å²) in [5, 5.41) is 3.09. The Morgan fingerprint density at radius 1 is 1.20 bits per heavy atom. The molecule has 3 nitrogen and oxygen atoms in total. The van der Waals surface area contributed by atoms with Crippen LogP contribution in [-0.4, -0.2) is 6.36 Å². The Balaban J connectivity index is 2.02. The van der Waals surface area contributed by atoms with E-state index in [2.05, 4.69) is 10.1 Å². The van der Waals surface area contributed by atoms with Gasteiger partial charge < -0.3 is 14.5 Å². The molecular weight excluding hydrogens is 271 g/mol. The van der Waals surface area contributed by atoms with Crippen LogP contribution >= 0.6 is 0 Å². The number of ether oxygens (including phenoxy) is 1. The number of hydrogen-bond acceptors (Lipinski definition) is 3. The first-order chi connectivity index (χ1) is 9.46. The number of rotatable bonds is 5. The van der Waals surface area contributed by atoms with Gasteiger partial charge in [-0.15, -0.1) is 13.2 Å². The van der Waals surface area contributed by atoms with E-state index in [0.717, 1.165) is 5.76 Å². The van der Waals surface area contributed by atoms with E-state index in [1.165, 1.54) is 12.1 Å². The van der Waals surface area contributed by atoms with Crippen LogP contribution in [0.4, 0.5) is 13.2 Å². The normalized spacial score (nSPS) is 13.2. The number of benzene rings is 1. The fourth-order valence-corrected chi connectivity index (χ4v) is 1.78. The van der Waals surface area contributed by atoms with Crippen LogP contribution in [0.25, 0.3) is 0 Å². The minimum atomic E-state index is -4.69. The monoisotopic (exact) mass is 285 g/mol. The second kappa shape index (κ2) is 6.00. The molecule has 0 saturated heterocycles. The van der Waals surface area contributed by atoms with Gasteiger partial charge in [-0.25, -0.2) is 0 Å². The molecule has 0 unspecified atom stereocenters. The molecular formula is C14H14F3NO2. The summed E-state index contributed by atoms with van der Waals surface area (Å²) in [6, 6.07) is 9.50. The van der Waals surface area contributed by atoms with E-state index in [-0.39, 0.29) is 18.3 Å². The highest BCUT2D eigenvalue weighted by atomic mass is 19.4. The number of hydrogen-bond donors (Lipinski definition) is 1. The molecule has 1 N–H and O–H groups in total. The summed E-state index contributed by atoms with van der Waals surface area (Å²) in [5.41, 5.74) is 0.434. The first kappa shape index (κ1) is 14.5. The second-order valence-electron chi connectivity index (χ2n) is 4.27. The highest BCUT2D eigenvalue weighted by Gasteiger charge is 2.31. The number of halogens is 3. The van der Waals surface area contributed by atoms with Crippen LogP contribution in [0.15, 0.2) is 47.1 Å². The summed E-state index contributed by atoms with van der Waals surface area (Å²) in [6.07, 6.45) is -3.14. The lowest BCUT2D eigenvalue weighted by atomic mass is 10.2. The Kier molecular flexibility index (Phi) is 4.34. The maximum absolute atomic E-state index is 12.3. The molecule has 0 fully saturated rings. The number of furan rings is 1. The zero-order valence-electron chi connectivity index (χ0n) is 10.8. The molecule has 0 aliphatic rings. The summed E-state index contributed by atoms with van der Waals surface area (Å²) in [6.45, 7) is 2.11. The summed E-state index contributed by atoms with van der Waals surface area (Å²) >= 11 is 0. The smallest absolute Gasteiger partial charge is 0.468 e. The van der Waals surface area contributed by atoms with Crippen LogP contribution in [0.5, 0.6) is 5.75 Å². The first-order valence-corrected chi connectivity index (χ1v) is 6.06. The molecule has 0 spiro atoms. The van der Waals surface area contributed by atoms with E-state index < -0.39 is 6.36 Å². The molecule has 0 aliphatic carbocycles. The van der Waals surface area contributed by atoms with Gasteiger partial charge in [0, 0.05) is 12.1 Å². The second-order valence-corrected chi connectivity index (χ2v) is 4.27. The first-order valence-electron chi connectivity index (χ1n) is 6.06. The molecule has 1 heterocycles. The molecule has 0 bridgehead atoms. The highest BCUT2D eigenvalue weighted by molar-refractivity contribution is 5.33. The Labute approximate surface area is 114 Å². The molecule has 2 aromatic rings. The predicted octanol–water partition coefficient (Wildman–Crippen LogP) is 4.03. The van der Waals surface area contributed by atoms with E-state index in [0.29, 0.717) is 5.56 Å². The summed E-state index contributed by atoms with van der Waals surface area (Å²) < 4.78 is 46.1. The zero-order chi connectivity index (χ0) is 14.6. The number of para-hydroxylation sites is 1. The van der Waals surface area contributed by atoms with E-state index in [1.807, 2.05) is 6.92 Å². The fourth-order valence-electron chi connectivity index (χ4n) is 1.78. The van der Waals surface area contributed by atoms with Crippen LogP contribution in [0.2, 0.25) is 0 Å². The SMILES string of the molecule is C[C@H](NCc1ccccc1OC(F)(F)F)c1ccco1. The van der Waals surface area contributed by atoms with Crippen LogP contribution in [0.3, 0.4) is 0 Å². The van der Waals surface area contributed by atoms with Crippen molar-refractivity contribution in [2.24, 2.45) is 0 Å². The average molecular weight is 285 g/mol. The molecule has 0 aliphatic heterocycles. The van der Waals surface area contributed by atoms with E-state index >= 15 is 0 Å². The zero-order valence-corrected chi connectivity index (χ0v) is 10.8. The lowest BCUT2D eigenvalue weighted by Gasteiger charge is -2.15. The highest BCUT2D eigenvalue weighted by Crippen LogP contribution is 2.26. The maximum Gasteiger partial charge on any atom is 0.573 e. The lowest BCUT2D eigenvalue weighted by molar-refractivity contribution is -0.274. The topological polar surface area (TPSA) is 34.4 Å². The quantitative estimate of drug-likeness (QED) is 0.900. The molecule has 0 amide bonds. The largest absolute Gasteiger partial charge is 0.573 e. The van der Waals surface area contributed by atoms with Crippen molar-refractivity contribution in [3.05, 3.63) is 54.0 Å². The number of alkyl halides is 3. The summed E-state index contributed by atoms with van der Waals surface area (Å²) in [7, 11) is 0. The maximum atomic E-state index is 12.3. The molecule has 1 aromatic heterocycles. The summed E-state index contributed by atoms with van der Waals surface area (Å²) in [4.78, 5) is 0. The molecule has 2 rings (SSSR count). The predicted molar refractivity (Wildman–Crippen MR) is 67.1 cm³/mol. The molecule has 108 valence electrons. The van der Waals surface area contributed by atoms with Crippen molar-refractivity contribution in [3.63, 3.8) is 0 Å². The van der Waals surface area contributed by atoms with Gasteiger partial charge in [-0.2, -0.15) is 0 Å². The average Bonchev–Trinajstić information content (AvgIpc) is 2.89. The number of nitrogens with one attached hydrogen (secondary N) is 1.